The van der Waals surface area contributed by atoms with E-state index in [1.54, 1.807) is 26.0 Å². The number of rotatable bonds is 7. The molecule has 0 spiro atoms. The second kappa shape index (κ2) is 10.3. The average molecular weight is 439 g/mol. The van der Waals surface area contributed by atoms with Gasteiger partial charge in [-0.3, -0.25) is 14.5 Å². The zero-order valence-electron chi connectivity index (χ0n) is 18.7. The summed E-state index contributed by atoms with van der Waals surface area (Å²) < 4.78 is 0. The Morgan fingerprint density at radius 3 is 2.22 bits per heavy atom. The van der Waals surface area contributed by atoms with Gasteiger partial charge in [-0.2, -0.15) is 0 Å². The fraction of sp³-hybridized carbons (Fsp3) is 0.375. The minimum absolute atomic E-state index is 0.0549. The molecule has 0 aliphatic carbocycles. The molecule has 0 radical (unpaired) electrons. The fourth-order valence-corrected chi connectivity index (χ4v) is 3.50. The van der Waals surface area contributed by atoms with Crippen LogP contribution in [0.1, 0.15) is 29.8 Å². The highest BCUT2D eigenvalue weighted by atomic mass is 16.4. The van der Waals surface area contributed by atoms with Crippen molar-refractivity contribution < 1.29 is 19.5 Å². The number of carboxylic acids is 1. The number of hydrogen-bond acceptors (Lipinski definition) is 5. The van der Waals surface area contributed by atoms with Crippen molar-refractivity contribution >= 4 is 34.8 Å². The van der Waals surface area contributed by atoms with Crippen molar-refractivity contribution in [2.24, 2.45) is 5.92 Å². The molecule has 2 amide bonds. The summed E-state index contributed by atoms with van der Waals surface area (Å²) in [6.45, 7) is 8.55. The van der Waals surface area contributed by atoms with Gasteiger partial charge in [0.25, 0.3) is 0 Å². The molecule has 1 aliphatic heterocycles. The number of nitrogens with one attached hydrogen (secondary N) is 2. The Morgan fingerprint density at radius 1 is 0.969 bits per heavy atom. The molecular formula is C24H30N4O4. The van der Waals surface area contributed by atoms with Crippen LogP contribution in [0.4, 0.5) is 17.1 Å². The van der Waals surface area contributed by atoms with Gasteiger partial charge in [0.1, 0.15) is 0 Å². The highest BCUT2D eigenvalue weighted by molar-refractivity contribution is 6.01. The first-order valence-corrected chi connectivity index (χ1v) is 10.7. The van der Waals surface area contributed by atoms with Crippen LogP contribution in [0.15, 0.2) is 42.5 Å². The van der Waals surface area contributed by atoms with Crippen LogP contribution in [0.5, 0.6) is 0 Å². The van der Waals surface area contributed by atoms with Crippen molar-refractivity contribution in [1.82, 2.24) is 4.90 Å². The van der Waals surface area contributed by atoms with E-state index in [2.05, 4.69) is 20.4 Å². The van der Waals surface area contributed by atoms with Gasteiger partial charge in [0.2, 0.25) is 11.8 Å². The Kier molecular flexibility index (Phi) is 7.48. The third-order valence-corrected chi connectivity index (χ3v) is 5.46. The second-order valence-corrected chi connectivity index (χ2v) is 8.36. The largest absolute Gasteiger partial charge is 0.478 e. The molecule has 170 valence electrons. The standard InChI is InChI=1S/C24H30N4O4/c1-16(2)23(30)26-21-9-8-19(14-20(21)24(31)32)28-12-10-27(11-13-28)15-22(29)25-18-6-4-17(3)5-7-18/h4-9,14,16H,10-13,15H2,1-3H3,(H,25,29)(H,26,30)(H,31,32). The molecule has 0 atom stereocenters. The lowest BCUT2D eigenvalue weighted by Gasteiger charge is -2.36. The molecule has 0 bridgehead atoms. The number of hydrogen-bond donors (Lipinski definition) is 3. The molecule has 0 unspecified atom stereocenters. The van der Waals surface area contributed by atoms with Gasteiger partial charge in [0, 0.05) is 43.5 Å². The van der Waals surface area contributed by atoms with Gasteiger partial charge in [-0.1, -0.05) is 31.5 Å². The number of anilines is 3. The van der Waals surface area contributed by atoms with Gasteiger partial charge < -0.3 is 20.6 Å². The predicted octanol–water partition coefficient (Wildman–Crippen LogP) is 3.05. The van der Waals surface area contributed by atoms with Crippen molar-refractivity contribution in [2.75, 3.05) is 48.3 Å². The van der Waals surface area contributed by atoms with Crippen LogP contribution in [0.2, 0.25) is 0 Å². The quantitative estimate of drug-likeness (QED) is 0.614. The maximum atomic E-state index is 12.3. The van der Waals surface area contributed by atoms with Crippen LogP contribution in [-0.2, 0) is 9.59 Å². The fourth-order valence-electron chi connectivity index (χ4n) is 3.50. The smallest absolute Gasteiger partial charge is 0.337 e. The minimum Gasteiger partial charge on any atom is -0.478 e. The third kappa shape index (κ3) is 6.07. The third-order valence-electron chi connectivity index (χ3n) is 5.46. The monoisotopic (exact) mass is 438 g/mol. The van der Waals surface area contributed by atoms with E-state index >= 15 is 0 Å². The number of piperazine rings is 1. The van der Waals surface area contributed by atoms with Crippen LogP contribution >= 0.6 is 0 Å². The minimum atomic E-state index is -1.09. The van der Waals surface area contributed by atoms with Crippen LogP contribution in [0.3, 0.4) is 0 Å². The number of carboxylic acid groups (broad SMARTS) is 1. The maximum absolute atomic E-state index is 12.3. The number of aromatic carboxylic acids is 1. The summed E-state index contributed by atoms with van der Waals surface area (Å²) in [5.74, 6) is -1.61. The van der Waals surface area contributed by atoms with Crippen molar-refractivity contribution in [3.63, 3.8) is 0 Å². The van der Waals surface area contributed by atoms with Gasteiger partial charge in [-0.05, 0) is 37.3 Å². The van der Waals surface area contributed by atoms with Crippen molar-refractivity contribution in [1.29, 1.82) is 0 Å². The Bertz CT molecular complexity index is 980. The van der Waals surface area contributed by atoms with Gasteiger partial charge in [-0.15, -0.1) is 0 Å². The summed E-state index contributed by atoms with van der Waals surface area (Å²) >= 11 is 0. The molecule has 0 aromatic heterocycles. The molecule has 1 saturated heterocycles. The molecule has 1 fully saturated rings. The van der Waals surface area contributed by atoms with E-state index in [-0.39, 0.29) is 23.3 Å². The number of benzene rings is 2. The Hall–Kier alpha value is -3.39. The van der Waals surface area contributed by atoms with Gasteiger partial charge in [-0.25, -0.2) is 4.79 Å². The Labute approximate surface area is 188 Å². The Balaban J connectivity index is 1.57. The topological polar surface area (TPSA) is 102 Å². The zero-order chi connectivity index (χ0) is 23.3. The second-order valence-electron chi connectivity index (χ2n) is 8.36. The lowest BCUT2D eigenvalue weighted by molar-refractivity contribution is -0.119. The van der Waals surface area contributed by atoms with Crippen molar-refractivity contribution in [2.45, 2.75) is 20.8 Å². The molecular weight excluding hydrogens is 408 g/mol. The van der Waals surface area contributed by atoms with Gasteiger partial charge >= 0.3 is 5.97 Å². The first-order chi connectivity index (χ1) is 15.2. The number of carbonyl (C=O) groups is 3. The number of amides is 2. The van der Waals surface area contributed by atoms with E-state index in [0.29, 0.717) is 38.4 Å². The average Bonchev–Trinajstić information content (AvgIpc) is 2.76. The SMILES string of the molecule is Cc1ccc(NC(=O)CN2CCN(c3ccc(NC(=O)C(C)C)c(C(=O)O)c3)CC2)cc1. The molecule has 8 nitrogen and oxygen atoms in total. The van der Waals surface area contributed by atoms with E-state index in [0.717, 1.165) is 16.9 Å². The Morgan fingerprint density at radius 2 is 1.62 bits per heavy atom. The molecule has 3 rings (SSSR count). The summed E-state index contributed by atoms with van der Waals surface area (Å²) in [4.78, 5) is 40.2. The molecule has 32 heavy (non-hydrogen) atoms. The summed E-state index contributed by atoms with van der Waals surface area (Å²) in [5, 5.41) is 15.2. The van der Waals surface area contributed by atoms with Gasteiger partial charge in [0.05, 0.1) is 17.8 Å². The molecule has 1 heterocycles. The molecule has 1 aliphatic rings. The summed E-state index contributed by atoms with van der Waals surface area (Å²) in [6.07, 6.45) is 0. The lowest BCUT2D eigenvalue weighted by atomic mass is 10.1. The zero-order valence-corrected chi connectivity index (χ0v) is 18.7. The van der Waals surface area contributed by atoms with Crippen LogP contribution in [0.25, 0.3) is 0 Å². The maximum Gasteiger partial charge on any atom is 0.337 e. The van der Waals surface area contributed by atoms with Crippen molar-refractivity contribution in [3.05, 3.63) is 53.6 Å². The molecule has 2 aromatic rings. The normalized spacial score (nSPS) is 14.3. The van der Waals surface area contributed by atoms with Crippen LogP contribution in [0, 0.1) is 12.8 Å². The van der Waals surface area contributed by atoms with E-state index in [1.807, 2.05) is 37.3 Å². The summed E-state index contributed by atoms with van der Waals surface area (Å²) in [6, 6.07) is 12.7. The lowest BCUT2D eigenvalue weighted by Crippen LogP contribution is -2.48. The van der Waals surface area contributed by atoms with Crippen molar-refractivity contribution in [3.8, 4) is 0 Å². The molecule has 2 aromatic carbocycles. The first kappa shape index (κ1) is 23.3. The highest BCUT2D eigenvalue weighted by Crippen LogP contribution is 2.25. The van der Waals surface area contributed by atoms with E-state index < -0.39 is 5.97 Å². The van der Waals surface area contributed by atoms with Crippen LogP contribution in [-0.4, -0.2) is 60.5 Å². The number of nitrogens with zero attached hydrogens (tertiary/aromatic N) is 2. The van der Waals surface area contributed by atoms with E-state index in [4.69, 9.17) is 0 Å². The number of aryl methyl sites for hydroxylation is 1. The highest BCUT2D eigenvalue weighted by Gasteiger charge is 2.22. The summed E-state index contributed by atoms with van der Waals surface area (Å²) in [7, 11) is 0. The molecule has 3 N–H and O–H groups in total. The number of carbonyl (C=O) groups excluding carboxylic acids is 2. The van der Waals surface area contributed by atoms with E-state index in [9.17, 15) is 19.5 Å². The van der Waals surface area contributed by atoms with Crippen LogP contribution < -0.4 is 15.5 Å². The predicted molar refractivity (Wildman–Crippen MR) is 125 cm³/mol. The first-order valence-electron chi connectivity index (χ1n) is 10.7. The summed E-state index contributed by atoms with van der Waals surface area (Å²) in [5.41, 5.74) is 3.07. The molecule has 8 heteroatoms. The van der Waals surface area contributed by atoms with E-state index in [1.165, 1.54) is 0 Å². The van der Waals surface area contributed by atoms with Gasteiger partial charge in [0.15, 0.2) is 0 Å². The molecule has 0 saturated carbocycles.